The van der Waals surface area contributed by atoms with E-state index in [1.807, 2.05) is 0 Å². The third kappa shape index (κ3) is 7.11. The second kappa shape index (κ2) is 18.6. The molecule has 2 heterocycles. The highest BCUT2D eigenvalue weighted by Gasteiger charge is 2.47. The van der Waals surface area contributed by atoms with Crippen LogP contribution < -0.4 is 19.6 Å². The van der Waals surface area contributed by atoms with Gasteiger partial charge in [-0.3, -0.25) is 0 Å². The monoisotopic (exact) mass is 1050 g/mol. The van der Waals surface area contributed by atoms with Gasteiger partial charge in [-0.25, -0.2) is 0 Å². The van der Waals surface area contributed by atoms with Gasteiger partial charge in [0.05, 0.1) is 50.9 Å². The van der Waals surface area contributed by atoms with E-state index in [1.54, 1.807) is 0 Å². The molecule has 0 aromatic heterocycles. The van der Waals surface area contributed by atoms with Crippen LogP contribution in [0.5, 0.6) is 0 Å². The smallest absolute Gasteiger partial charge is 0.0714 e. The Bertz CT molecular complexity index is 4370. The van der Waals surface area contributed by atoms with E-state index < -0.39 is 5.41 Å². The van der Waals surface area contributed by atoms with Crippen molar-refractivity contribution in [1.82, 2.24) is 0 Å². The summed E-state index contributed by atoms with van der Waals surface area (Å²) in [5, 5.41) is 0. The number of rotatable bonds is 8. The summed E-state index contributed by atoms with van der Waals surface area (Å²) in [4.78, 5) is 9.69. The van der Waals surface area contributed by atoms with E-state index in [2.05, 4.69) is 337 Å². The summed E-state index contributed by atoms with van der Waals surface area (Å²) in [6.07, 6.45) is 4.62. The number of anilines is 12. The highest BCUT2D eigenvalue weighted by Crippen LogP contribution is 2.61. The van der Waals surface area contributed by atoms with E-state index in [9.17, 15) is 0 Å². The van der Waals surface area contributed by atoms with E-state index in [0.29, 0.717) is 0 Å². The van der Waals surface area contributed by atoms with Crippen molar-refractivity contribution in [1.29, 1.82) is 0 Å². The first-order valence-electron chi connectivity index (χ1n) is 28.5. The van der Waals surface area contributed by atoms with Crippen molar-refractivity contribution >= 4 is 80.4 Å². The van der Waals surface area contributed by atoms with Gasteiger partial charge in [0, 0.05) is 28.2 Å². The zero-order valence-electron chi connectivity index (χ0n) is 45.7. The van der Waals surface area contributed by atoms with Crippen LogP contribution in [0.2, 0.25) is 0 Å². The quantitative estimate of drug-likeness (QED) is 0.141. The molecule has 4 heteroatoms. The average molecular weight is 1050 g/mol. The van der Waals surface area contributed by atoms with Gasteiger partial charge >= 0.3 is 0 Å². The molecule has 16 rings (SSSR count). The Morgan fingerprint density at radius 2 is 0.512 bits per heavy atom. The molecule has 82 heavy (non-hydrogen) atoms. The molecule has 0 saturated carbocycles. The Kier molecular flexibility index (Phi) is 10.8. The van der Waals surface area contributed by atoms with Gasteiger partial charge in [0.2, 0.25) is 0 Å². The molecular formula is C78H56N4. The van der Waals surface area contributed by atoms with Gasteiger partial charge in [-0.15, -0.1) is 0 Å². The predicted octanol–water partition coefficient (Wildman–Crippen LogP) is 21.0. The van der Waals surface area contributed by atoms with E-state index in [0.717, 1.165) is 73.8 Å². The lowest BCUT2D eigenvalue weighted by Crippen LogP contribution is -2.29. The van der Waals surface area contributed by atoms with Crippen molar-refractivity contribution in [3.8, 4) is 22.3 Å². The molecule has 0 spiro atoms. The molecule has 0 atom stereocenters. The zero-order valence-corrected chi connectivity index (χ0v) is 45.7. The predicted molar refractivity (Wildman–Crippen MR) is 343 cm³/mol. The van der Waals surface area contributed by atoms with Gasteiger partial charge in [0.1, 0.15) is 0 Å². The fourth-order valence-corrected chi connectivity index (χ4v) is 14.1. The van der Waals surface area contributed by atoms with Crippen LogP contribution in [0.4, 0.5) is 68.2 Å². The van der Waals surface area contributed by atoms with Crippen LogP contribution in [-0.4, -0.2) is 0 Å². The first-order chi connectivity index (χ1) is 40.4. The summed E-state index contributed by atoms with van der Waals surface area (Å²) < 4.78 is 0. The van der Waals surface area contributed by atoms with Crippen LogP contribution in [0.3, 0.4) is 0 Å². The van der Waals surface area contributed by atoms with Crippen molar-refractivity contribution in [2.75, 3.05) is 19.6 Å². The zero-order chi connectivity index (χ0) is 54.5. The Morgan fingerprint density at radius 1 is 0.244 bits per heavy atom. The summed E-state index contributed by atoms with van der Waals surface area (Å²) in [5.41, 5.74) is 28.0. The Morgan fingerprint density at radius 3 is 0.890 bits per heavy atom. The summed E-state index contributed by atoms with van der Waals surface area (Å²) in [7, 11) is 0. The van der Waals surface area contributed by atoms with Gasteiger partial charge in [0.25, 0.3) is 0 Å². The molecule has 0 bridgehead atoms. The molecule has 388 valence electrons. The molecule has 12 aromatic rings. The standard InChI is InChI=1S/C78H56N4/c1-77(2)65-49-53(41-45-61(65)62-47-43-59(51-66(62)77)81-73-35-19-15-31-69(73)79(57-27-11-5-12-28-57)70-32-16-20-36-74(70)81)39-40-54-42-46-63-64-48-44-60(52-68(64)78(67(63)50-54,55-23-7-3-8-24-55)56-25-9-4-10-26-56)82-75-37-21-17-33-71(75)80(58-29-13-6-14-30-58)72-34-18-22-38-76(72)82/h3-52H,1-2H3/b40-39+. The molecule has 4 aliphatic rings. The molecule has 12 aromatic carbocycles. The van der Waals surface area contributed by atoms with E-state index in [-0.39, 0.29) is 5.41 Å². The number of benzene rings is 12. The molecule has 0 unspecified atom stereocenters. The lowest BCUT2D eigenvalue weighted by Gasteiger charge is -2.41. The Labute approximate surface area is 480 Å². The van der Waals surface area contributed by atoms with Crippen LogP contribution >= 0.6 is 0 Å². The number of nitrogens with zero attached hydrogens (tertiary/aromatic N) is 4. The van der Waals surface area contributed by atoms with Crippen LogP contribution in [0.25, 0.3) is 34.4 Å². The molecule has 2 aliphatic heterocycles. The Balaban J connectivity index is 0.773. The number of hydrogen-bond acceptors (Lipinski definition) is 4. The normalized spacial score (nSPS) is 14.5. The summed E-state index contributed by atoms with van der Waals surface area (Å²) in [6, 6.07) is 107. The van der Waals surface area contributed by atoms with E-state index in [1.165, 1.54) is 61.2 Å². The minimum Gasteiger partial charge on any atom is -0.306 e. The number of fused-ring (bicyclic) bond motifs is 10. The van der Waals surface area contributed by atoms with Crippen molar-refractivity contribution in [2.45, 2.75) is 24.7 Å². The second-order valence-corrected chi connectivity index (χ2v) is 22.5. The van der Waals surface area contributed by atoms with Crippen molar-refractivity contribution < 1.29 is 0 Å². The third-order valence-electron chi connectivity index (χ3n) is 17.7. The molecule has 2 aliphatic carbocycles. The summed E-state index contributed by atoms with van der Waals surface area (Å²) >= 11 is 0. The maximum atomic E-state index is 2.48. The molecular weight excluding hydrogens is 993 g/mol. The van der Waals surface area contributed by atoms with Gasteiger partial charge < -0.3 is 19.6 Å². The van der Waals surface area contributed by atoms with Crippen LogP contribution in [0, 0.1) is 0 Å². The van der Waals surface area contributed by atoms with Crippen molar-refractivity contribution in [3.05, 3.63) is 336 Å². The molecule has 4 nitrogen and oxygen atoms in total. The highest BCUT2D eigenvalue weighted by atomic mass is 15.3. The molecule has 0 saturated heterocycles. The van der Waals surface area contributed by atoms with Gasteiger partial charge in [-0.05, 0) is 170 Å². The minimum absolute atomic E-state index is 0.238. The molecule has 0 N–H and O–H groups in total. The van der Waals surface area contributed by atoms with E-state index in [4.69, 9.17) is 0 Å². The third-order valence-corrected chi connectivity index (χ3v) is 17.7. The SMILES string of the molecule is CC1(C)c2cc(/C=C/c3ccc4c(c3)C(c3ccccc3)(c3ccccc3)c3cc(N5c6ccccc6N(c6ccccc6)c6ccccc65)ccc3-4)ccc2-c2ccc(N3c4ccccc4N(c4ccccc4)c4ccccc43)cc21. The largest absolute Gasteiger partial charge is 0.306 e. The van der Waals surface area contributed by atoms with Crippen molar-refractivity contribution in [2.24, 2.45) is 0 Å². The molecule has 0 fully saturated rings. The Hall–Kier alpha value is -10.4. The number of hydrogen-bond donors (Lipinski definition) is 0. The highest BCUT2D eigenvalue weighted by molar-refractivity contribution is 6.04. The fourth-order valence-electron chi connectivity index (χ4n) is 14.1. The van der Waals surface area contributed by atoms with Gasteiger partial charge in [-0.1, -0.05) is 214 Å². The fraction of sp³-hybridized carbons (Fsp3) is 0.0513. The van der Waals surface area contributed by atoms with Gasteiger partial charge in [0.15, 0.2) is 0 Å². The second-order valence-electron chi connectivity index (χ2n) is 22.5. The number of para-hydroxylation sites is 10. The first-order valence-corrected chi connectivity index (χ1v) is 28.5. The summed E-state index contributed by atoms with van der Waals surface area (Å²) in [5.74, 6) is 0. The van der Waals surface area contributed by atoms with Crippen LogP contribution in [-0.2, 0) is 10.8 Å². The molecule has 0 radical (unpaired) electrons. The van der Waals surface area contributed by atoms with Crippen LogP contribution in [0.15, 0.2) is 291 Å². The lowest BCUT2D eigenvalue weighted by atomic mass is 9.67. The van der Waals surface area contributed by atoms with Crippen LogP contribution in [0.1, 0.15) is 58.4 Å². The average Bonchev–Trinajstić information content (AvgIpc) is 3.37. The maximum Gasteiger partial charge on any atom is 0.0714 e. The van der Waals surface area contributed by atoms with E-state index >= 15 is 0 Å². The van der Waals surface area contributed by atoms with Gasteiger partial charge in [-0.2, -0.15) is 0 Å². The topological polar surface area (TPSA) is 13.0 Å². The first kappa shape index (κ1) is 47.6. The minimum atomic E-state index is -0.611. The maximum absolute atomic E-state index is 2.48. The molecule has 0 amide bonds. The lowest BCUT2D eigenvalue weighted by molar-refractivity contribution is 0.660. The van der Waals surface area contributed by atoms with Crippen molar-refractivity contribution in [3.63, 3.8) is 0 Å². The summed E-state index contributed by atoms with van der Waals surface area (Å²) in [6.45, 7) is 4.78.